The average Bonchev–Trinajstić information content (AvgIpc) is 2.69. The number of aliphatic hydroxyl groups excluding tert-OH is 1. The number of amides is 1. The van der Waals surface area contributed by atoms with Gasteiger partial charge in [-0.25, -0.2) is 4.98 Å². The van der Waals surface area contributed by atoms with Crippen LogP contribution in [0, 0.1) is 0 Å². The van der Waals surface area contributed by atoms with Gasteiger partial charge in [0.1, 0.15) is 0 Å². The molecule has 1 aromatic heterocycles. The molecule has 0 spiro atoms. The van der Waals surface area contributed by atoms with Crippen molar-refractivity contribution < 1.29 is 32.5 Å². The third-order valence-electron chi connectivity index (χ3n) is 3.80. The van der Waals surface area contributed by atoms with Gasteiger partial charge in [0.15, 0.2) is 0 Å². The van der Waals surface area contributed by atoms with Crippen molar-refractivity contribution in [2.75, 3.05) is 26.9 Å². The van der Waals surface area contributed by atoms with Crippen LogP contribution in [0.25, 0.3) is 0 Å². The number of aliphatic hydroxyl groups is 1. The molecule has 0 saturated carbocycles. The third-order valence-corrected chi connectivity index (χ3v) is 3.80. The summed E-state index contributed by atoms with van der Waals surface area (Å²) in [6.07, 6.45) is -3.76. The van der Waals surface area contributed by atoms with Crippen LogP contribution in [0.15, 0.2) is 42.6 Å². The van der Waals surface area contributed by atoms with Gasteiger partial charge in [0, 0.05) is 38.9 Å². The summed E-state index contributed by atoms with van der Waals surface area (Å²) in [4.78, 5) is 16.1. The van der Waals surface area contributed by atoms with Crippen molar-refractivity contribution in [2.24, 2.45) is 0 Å². The van der Waals surface area contributed by atoms with E-state index in [1.807, 2.05) is 0 Å². The molecule has 0 fully saturated rings. The Morgan fingerprint density at radius 3 is 2.68 bits per heavy atom. The Labute approximate surface area is 160 Å². The van der Waals surface area contributed by atoms with E-state index in [1.165, 1.54) is 30.5 Å². The number of ether oxygens (including phenoxy) is 2. The number of hydrogen-bond donors (Lipinski definition) is 2. The molecule has 0 radical (unpaired) electrons. The number of carbonyl (C=O) groups excluding carboxylic acids is 1. The molecule has 2 aromatic rings. The summed E-state index contributed by atoms with van der Waals surface area (Å²) >= 11 is 0. The summed E-state index contributed by atoms with van der Waals surface area (Å²) < 4.78 is 48.5. The van der Waals surface area contributed by atoms with Gasteiger partial charge in [-0.15, -0.1) is 0 Å². The van der Waals surface area contributed by atoms with E-state index in [0.717, 1.165) is 12.1 Å². The molecule has 0 bridgehead atoms. The Hall–Kier alpha value is -2.65. The number of rotatable bonds is 9. The van der Waals surface area contributed by atoms with E-state index in [0.29, 0.717) is 25.5 Å². The minimum Gasteiger partial charge on any atom is -0.478 e. The quantitative estimate of drug-likeness (QED) is 0.635. The minimum absolute atomic E-state index is 0.0630. The lowest BCUT2D eigenvalue weighted by atomic mass is 10.1. The lowest BCUT2D eigenvalue weighted by Crippen LogP contribution is -2.28. The van der Waals surface area contributed by atoms with Crippen molar-refractivity contribution in [1.82, 2.24) is 10.3 Å². The van der Waals surface area contributed by atoms with Crippen LogP contribution in [0.1, 0.15) is 34.0 Å². The number of methoxy groups -OCH3 is 1. The van der Waals surface area contributed by atoms with E-state index in [1.54, 1.807) is 7.11 Å². The first-order valence-electron chi connectivity index (χ1n) is 8.52. The summed E-state index contributed by atoms with van der Waals surface area (Å²) in [6.45, 7) is 0.750. The number of nitrogens with zero attached hydrogens (tertiary/aromatic N) is 1. The molecule has 1 aromatic carbocycles. The number of halogens is 3. The Bertz CT molecular complexity index is 767. The number of benzene rings is 1. The Balaban J connectivity index is 1.88. The SMILES string of the molecule is COCCCOc1ccc(C(=O)NCC(O)c2cccc(C(F)(F)F)c2)cn1. The van der Waals surface area contributed by atoms with Crippen LogP contribution in [0.5, 0.6) is 5.88 Å². The van der Waals surface area contributed by atoms with Crippen LogP contribution in [-0.2, 0) is 10.9 Å². The zero-order valence-electron chi connectivity index (χ0n) is 15.2. The predicted molar refractivity (Wildman–Crippen MR) is 95.0 cm³/mol. The van der Waals surface area contributed by atoms with Crippen LogP contribution in [0.4, 0.5) is 13.2 Å². The maximum Gasteiger partial charge on any atom is 0.416 e. The number of nitrogens with one attached hydrogen (secondary N) is 1. The average molecular weight is 398 g/mol. The fourth-order valence-electron chi connectivity index (χ4n) is 2.31. The van der Waals surface area contributed by atoms with E-state index in [2.05, 4.69) is 10.3 Å². The minimum atomic E-state index is -4.50. The summed E-state index contributed by atoms with van der Waals surface area (Å²) in [5, 5.41) is 12.5. The zero-order valence-corrected chi connectivity index (χ0v) is 15.2. The molecule has 0 saturated heterocycles. The zero-order chi connectivity index (χ0) is 20.6. The van der Waals surface area contributed by atoms with Crippen molar-refractivity contribution >= 4 is 5.91 Å². The number of pyridine rings is 1. The maximum absolute atomic E-state index is 12.7. The predicted octanol–water partition coefficient (Wildman–Crippen LogP) is 2.98. The smallest absolute Gasteiger partial charge is 0.416 e. The summed E-state index contributed by atoms with van der Waals surface area (Å²) in [6, 6.07) is 7.38. The molecule has 0 aliphatic carbocycles. The molecular formula is C19H21F3N2O4. The van der Waals surface area contributed by atoms with Crippen LogP contribution < -0.4 is 10.1 Å². The van der Waals surface area contributed by atoms with E-state index in [9.17, 15) is 23.1 Å². The normalized spacial score (nSPS) is 12.5. The number of hydrogen-bond acceptors (Lipinski definition) is 5. The molecule has 1 unspecified atom stereocenters. The second-order valence-corrected chi connectivity index (χ2v) is 5.93. The third kappa shape index (κ3) is 6.50. The van der Waals surface area contributed by atoms with E-state index in [4.69, 9.17) is 9.47 Å². The van der Waals surface area contributed by atoms with Crippen LogP contribution in [0.2, 0.25) is 0 Å². The van der Waals surface area contributed by atoms with Crippen molar-refractivity contribution in [3.63, 3.8) is 0 Å². The summed E-state index contributed by atoms with van der Waals surface area (Å²) in [7, 11) is 1.59. The van der Waals surface area contributed by atoms with Gasteiger partial charge in [0.25, 0.3) is 5.91 Å². The molecule has 2 rings (SSSR count). The van der Waals surface area contributed by atoms with Crippen molar-refractivity contribution in [2.45, 2.75) is 18.7 Å². The topological polar surface area (TPSA) is 80.7 Å². The van der Waals surface area contributed by atoms with Crippen LogP contribution in [-0.4, -0.2) is 42.9 Å². The first-order valence-corrected chi connectivity index (χ1v) is 8.52. The van der Waals surface area contributed by atoms with Gasteiger partial charge in [-0.05, 0) is 23.8 Å². The summed E-state index contributed by atoms with van der Waals surface area (Å²) in [5.74, 6) is -0.152. The second-order valence-electron chi connectivity index (χ2n) is 5.93. The summed E-state index contributed by atoms with van der Waals surface area (Å²) in [5.41, 5.74) is -0.561. The highest BCUT2D eigenvalue weighted by atomic mass is 19.4. The Morgan fingerprint density at radius 1 is 1.25 bits per heavy atom. The first-order chi connectivity index (χ1) is 13.3. The molecule has 1 atom stereocenters. The monoisotopic (exact) mass is 398 g/mol. The fraction of sp³-hybridized carbons (Fsp3) is 0.368. The second kappa shape index (κ2) is 10.0. The molecule has 1 heterocycles. The molecule has 2 N–H and O–H groups in total. The van der Waals surface area contributed by atoms with Gasteiger partial charge in [0.2, 0.25) is 5.88 Å². The van der Waals surface area contributed by atoms with Gasteiger partial charge < -0.3 is 19.9 Å². The number of aromatic nitrogens is 1. The number of alkyl halides is 3. The van der Waals surface area contributed by atoms with Gasteiger partial charge >= 0.3 is 6.18 Å². The van der Waals surface area contributed by atoms with Gasteiger partial charge in [0.05, 0.1) is 23.8 Å². The molecular weight excluding hydrogens is 377 g/mol. The molecule has 6 nitrogen and oxygen atoms in total. The highest BCUT2D eigenvalue weighted by Crippen LogP contribution is 2.30. The van der Waals surface area contributed by atoms with Gasteiger partial charge in [-0.2, -0.15) is 13.2 Å². The molecule has 0 aliphatic rings. The lowest BCUT2D eigenvalue weighted by Gasteiger charge is -2.14. The first kappa shape index (κ1) is 21.6. The van der Waals surface area contributed by atoms with Crippen molar-refractivity contribution in [1.29, 1.82) is 0 Å². The highest BCUT2D eigenvalue weighted by molar-refractivity contribution is 5.93. The van der Waals surface area contributed by atoms with Crippen molar-refractivity contribution in [3.8, 4) is 5.88 Å². The van der Waals surface area contributed by atoms with E-state index in [-0.39, 0.29) is 17.7 Å². The van der Waals surface area contributed by atoms with Gasteiger partial charge in [-0.1, -0.05) is 12.1 Å². The standard InChI is InChI=1S/C19H21F3N2O4/c1-27-8-3-9-28-17-7-6-14(11-23-17)18(26)24-12-16(25)13-4-2-5-15(10-13)19(20,21)22/h2,4-7,10-11,16,25H,3,8-9,12H2,1H3,(H,24,26). The molecule has 1 amide bonds. The van der Waals surface area contributed by atoms with E-state index >= 15 is 0 Å². The Kier molecular flexibility index (Phi) is 7.77. The molecule has 0 aliphatic heterocycles. The molecule has 152 valence electrons. The van der Waals surface area contributed by atoms with Gasteiger partial charge in [-0.3, -0.25) is 4.79 Å². The van der Waals surface area contributed by atoms with Crippen LogP contribution in [0.3, 0.4) is 0 Å². The largest absolute Gasteiger partial charge is 0.478 e. The number of carbonyl (C=O) groups is 1. The van der Waals surface area contributed by atoms with Crippen molar-refractivity contribution in [3.05, 3.63) is 59.3 Å². The highest BCUT2D eigenvalue weighted by Gasteiger charge is 2.30. The Morgan fingerprint density at radius 2 is 2.04 bits per heavy atom. The molecule has 9 heteroatoms. The fourth-order valence-corrected chi connectivity index (χ4v) is 2.31. The molecule has 28 heavy (non-hydrogen) atoms. The van der Waals surface area contributed by atoms with E-state index < -0.39 is 23.8 Å². The van der Waals surface area contributed by atoms with Crippen LogP contribution >= 0.6 is 0 Å². The maximum atomic E-state index is 12.7. The lowest BCUT2D eigenvalue weighted by molar-refractivity contribution is -0.137.